The van der Waals surface area contributed by atoms with Crippen LogP contribution in [0.5, 0.6) is 0 Å². The largest absolute Gasteiger partial charge is 0.416 e. The monoisotopic (exact) mass is 421 g/mol. The minimum absolute atomic E-state index is 0.205. The number of carbonyl (C=O) groups excluding carboxylic acids is 1. The smallest absolute Gasteiger partial charge is 0.339 e. The van der Waals surface area contributed by atoms with Crippen molar-refractivity contribution in [1.29, 1.82) is 0 Å². The second-order valence-corrected chi connectivity index (χ2v) is 6.67. The van der Waals surface area contributed by atoms with E-state index < -0.39 is 23.7 Å². The second kappa shape index (κ2) is 8.08. The molecule has 0 bridgehead atoms. The van der Waals surface area contributed by atoms with Gasteiger partial charge in [0.05, 0.1) is 27.9 Å². The summed E-state index contributed by atoms with van der Waals surface area (Å²) < 4.78 is 39.9. The lowest BCUT2D eigenvalue weighted by molar-refractivity contribution is -0.137. The van der Waals surface area contributed by atoms with E-state index in [0.29, 0.717) is 5.56 Å². The molecule has 1 N–H and O–H groups in total. The third-order valence-corrected chi connectivity index (χ3v) is 4.57. The van der Waals surface area contributed by atoms with Crippen molar-refractivity contribution in [2.75, 3.05) is 0 Å². The Morgan fingerprint density at radius 1 is 1.14 bits per heavy atom. The number of hydrogen-bond donors (Lipinski definition) is 1. The Kier molecular flexibility index (Phi) is 5.74. The number of hydrogen-bond acceptors (Lipinski definition) is 3. The maximum atomic E-state index is 12.9. The summed E-state index contributed by atoms with van der Waals surface area (Å²) in [7, 11) is 1.50. The van der Waals surface area contributed by atoms with Crippen LogP contribution in [-0.4, -0.2) is 15.5 Å². The van der Waals surface area contributed by atoms with E-state index >= 15 is 0 Å². The first-order chi connectivity index (χ1) is 13.7. The van der Waals surface area contributed by atoms with Crippen LogP contribution in [0.2, 0.25) is 5.02 Å². The zero-order valence-electron chi connectivity index (χ0n) is 15.1. The first kappa shape index (κ1) is 20.6. The molecule has 1 amide bonds. The SMILES string of the molecule is Cn1cc(C(=O)NC(c2ccc(C(F)(F)F)cc2)c2ncccc2Cl)ccc1=O. The number of aryl methyl sites for hydroxylation is 1. The van der Waals surface area contributed by atoms with Gasteiger partial charge >= 0.3 is 6.18 Å². The molecule has 0 fully saturated rings. The van der Waals surface area contributed by atoms with Crippen molar-refractivity contribution in [1.82, 2.24) is 14.9 Å². The van der Waals surface area contributed by atoms with E-state index in [2.05, 4.69) is 10.3 Å². The number of nitrogens with zero attached hydrogens (tertiary/aromatic N) is 2. The molecule has 1 unspecified atom stereocenters. The van der Waals surface area contributed by atoms with Gasteiger partial charge in [0.2, 0.25) is 5.56 Å². The Labute approximate surface area is 168 Å². The highest BCUT2D eigenvalue weighted by molar-refractivity contribution is 6.31. The second-order valence-electron chi connectivity index (χ2n) is 6.26. The fourth-order valence-electron chi connectivity index (χ4n) is 2.73. The van der Waals surface area contributed by atoms with E-state index in [-0.39, 0.29) is 21.8 Å². The Morgan fingerprint density at radius 2 is 1.83 bits per heavy atom. The molecule has 1 aromatic carbocycles. The molecule has 29 heavy (non-hydrogen) atoms. The van der Waals surface area contributed by atoms with Gasteiger partial charge in [-0.3, -0.25) is 14.6 Å². The lowest BCUT2D eigenvalue weighted by Crippen LogP contribution is -2.31. The highest BCUT2D eigenvalue weighted by Gasteiger charge is 2.31. The van der Waals surface area contributed by atoms with Gasteiger partial charge in [-0.15, -0.1) is 0 Å². The third-order valence-electron chi connectivity index (χ3n) is 4.26. The Morgan fingerprint density at radius 3 is 2.41 bits per heavy atom. The maximum Gasteiger partial charge on any atom is 0.416 e. The minimum atomic E-state index is -4.48. The van der Waals surface area contributed by atoms with E-state index in [4.69, 9.17) is 11.6 Å². The number of amides is 1. The first-order valence-electron chi connectivity index (χ1n) is 8.42. The number of carbonyl (C=O) groups is 1. The number of aromatic nitrogens is 2. The molecule has 2 heterocycles. The van der Waals surface area contributed by atoms with Gasteiger partial charge in [-0.05, 0) is 35.9 Å². The van der Waals surface area contributed by atoms with E-state index in [1.54, 1.807) is 12.1 Å². The van der Waals surface area contributed by atoms with Crippen LogP contribution in [0.3, 0.4) is 0 Å². The van der Waals surface area contributed by atoms with Gasteiger partial charge < -0.3 is 9.88 Å². The van der Waals surface area contributed by atoms with Crippen LogP contribution in [0, 0.1) is 0 Å². The lowest BCUT2D eigenvalue weighted by Gasteiger charge is -2.20. The fraction of sp³-hybridized carbons (Fsp3) is 0.150. The predicted molar refractivity (Wildman–Crippen MR) is 102 cm³/mol. The van der Waals surface area contributed by atoms with Crippen molar-refractivity contribution in [3.63, 3.8) is 0 Å². The molecule has 0 aliphatic rings. The summed E-state index contributed by atoms with van der Waals surface area (Å²) in [6.45, 7) is 0. The molecule has 0 radical (unpaired) electrons. The highest BCUT2D eigenvalue weighted by atomic mass is 35.5. The Balaban J connectivity index is 2.00. The summed E-state index contributed by atoms with van der Waals surface area (Å²) >= 11 is 6.21. The number of halogens is 4. The number of pyridine rings is 2. The molecule has 0 saturated heterocycles. The predicted octanol–water partition coefficient (Wildman–Crippen LogP) is 3.97. The molecule has 150 valence electrons. The van der Waals surface area contributed by atoms with E-state index in [1.807, 2.05) is 0 Å². The van der Waals surface area contributed by atoms with Crippen LogP contribution in [0.25, 0.3) is 0 Å². The summed E-state index contributed by atoms with van der Waals surface area (Å²) in [6, 6.07) is 9.27. The van der Waals surface area contributed by atoms with Crippen LogP contribution < -0.4 is 10.9 Å². The van der Waals surface area contributed by atoms with Crippen LogP contribution in [-0.2, 0) is 13.2 Å². The van der Waals surface area contributed by atoms with Crippen LogP contribution >= 0.6 is 11.6 Å². The molecule has 0 spiro atoms. The summed E-state index contributed by atoms with van der Waals surface area (Å²) in [5, 5.41) is 2.98. The molecule has 5 nitrogen and oxygen atoms in total. The maximum absolute atomic E-state index is 12.9. The summed E-state index contributed by atoms with van der Waals surface area (Å²) in [4.78, 5) is 28.4. The molecule has 2 aromatic heterocycles. The molecule has 3 rings (SSSR count). The van der Waals surface area contributed by atoms with Gasteiger partial charge in [-0.2, -0.15) is 13.2 Å². The highest BCUT2D eigenvalue weighted by Crippen LogP contribution is 2.32. The van der Waals surface area contributed by atoms with Crippen LogP contribution in [0.1, 0.15) is 33.2 Å². The van der Waals surface area contributed by atoms with Crippen molar-refractivity contribution in [2.24, 2.45) is 7.05 Å². The molecule has 3 aromatic rings. The van der Waals surface area contributed by atoms with Crippen molar-refractivity contribution < 1.29 is 18.0 Å². The zero-order valence-corrected chi connectivity index (χ0v) is 15.8. The van der Waals surface area contributed by atoms with Gasteiger partial charge in [0, 0.05) is 25.5 Å². The van der Waals surface area contributed by atoms with Gasteiger partial charge in [0.25, 0.3) is 5.91 Å². The molecule has 0 aliphatic heterocycles. The topological polar surface area (TPSA) is 64.0 Å². The van der Waals surface area contributed by atoms with E-state index in [0.717, 1.165) is 12.1 Å². The van der Waals surface area contributed by atoms with Crippen molar-refractivity contribution in [3.8, 4) is 0 Å². The number of nitrogens with one attached hydrogen (secondary N) is 1. The standard InChI is InChI=1S/C20H15ClF3N3O2/c1-27-11-13(6-9-16(27)28)19(29)26-17(18-15(21)3-2-10-25-18)12-4-7-14(8-5-12)20(22,23)24/h2-11,17H,1H3,(H,26,29). The number of benzene rings is 1. The van der Waals surface area contributed by atoms with E-state index in [1.165, 1.54) is 48.3 Å². The van der Waals surface area contributed by atoms with Gasteiger partial charge in [0.15, 0.2) is 0 Å². The van der Waals surface area contributed by atoms with Crippen LogP contribution in [0.15, 0.2) is 65.7 Å². The quantitative estimate of drug-likeness (QED) is 0.693. The summed E-state index contributed by atoms with van der Waals surface area (Å²) in [5.41, 5.74) is -0.231. The fourth-order valence-corrected chi connectivity index (χ4v) is 2.96. The summed E-state index contributed by atoms with van der Waals surface area (Å²) in [5.74, 6) is -0.535. The molecular formula is C20H15ClF3N3O2. The van der Waals surface area contributed by atoms with Gasteiger partial charge in [-0.25, -0.2) is 0 Å². The van der Waals surface area contributed by atoms with Gasteiger partial charge in [-0.1, -0.05) is 23.7 Å². The average molecular weight is 422 g/mol. The lowest BCUT2D eigenvalue weighted by atomic mass is 10.0. The van der Waals surface area contributed by atoms with E-state index in [9.17, 15) is 22.8 Å². The Bertz CT molecular complexity index is 1100. The Hall–Kier alpha value is -3.13. The van der Waals surface area contributed by atoms with Gasteiger partial charge in [0.1, 0.15) is 0 Å². The summed E-state index contributed by atoms with van der Waals surface area (Å²) in [6.07, 6.45) is -1.65. The normalized spacial score (nSPS) is 12.4. The van der Waals surface area contributed by atoms with Crippen molar-refractivity contribution in [2.45, 2.75) is 12.2 Å². The number of rotatable bonds is 4. The van der Waals surface area contributed by atoms with Crippen molar-refractivity contribution in [3.05, 3.63) is 98.7 Å². The third kappa shape index (κ3) is 4.65. The number of alkyl halides is 3. The zero-order chi connectivity index (χ0) is 21.2. The van der Waals surface area contributed by atoms with Crippen LogP contribution in [0.4, 0.5) is 13.2 Å². The molecule has 1 atom stereocenters. The average Bonchev–Trinajstić information content (AvgIpc) is 2.68. The molecule has 9 heteroatoms. The minimum Gasteiger partial charge on any atom is -0.339 e. The molecule has 0 aliphatic carbocycles. The first-order valence-corrected chi connectivity index (χ1v) is 8.80. The van der Waals surface area contributed by atoms with Crippen molar-refractivity contribution >= 4 is 17.5 Å². The molecule has 0 saturated carbocycles. The molecular weight excluding hydrogens is 407 g/mol.